The number of anilines is 2. The van der Waals surface area contributed by atoms with Crippen LogP contribution in [0.25, 0.3) is 0 Å². The van der Waals surface area contributed by atoms with E-state index in [-0.39, 0.29) is 11.2 Å². The molecule has 1 N–H and O–H groups in total. The molecule has 0 aliphatic carbocycles. The summed E-state index contributed by atoms with van der Waals surface area (Å²) in [7, 11) is 6.58. The number of hydrogen-bond acceptors (Lipinski definition) is 10. The van der Waals surface area contributed by atoms with Crippen LogP contribution in [0.4, 0.5) is 11.5 Å². The minimum absolute atomic E-state index is 0.156. The number of aromatic nitrogens is 2. The van der Waals surface area contributed by atoms with Gasteiger partial charge in [0.05, 0.1) is 38.3 Å². The molecular formula is C33H38N4O6S. The topological polar surface area (TPSA) is 116 Å². The lowest BCUT2D eigenvalue weighted by Crippen LogP contribution is -2.23. The molecule has 0 fully saturated rings. The molecule has 44 heavy (non-hydrogen) atoms. The molecule has 0 atom stereocenters. The van der Waals surface area contributed by atoms with E-state index in [4.69, 9.17) is 28.6 Å². The van der Waals surface area contributed by atoms with Crippen LogP contribution in [0.3, 0.4) is 0 Å². The number of thioether (sulfide) groups is 1. The Bertz CT molecular complexity index is 1610. The van der Waals surface area contributed by atoms with Crippen molar-refractivity contribution in [1.82, 2.24) is 9.97 Å². The van der Waals surface area contributed by atoms with E-state index in [1.165, 1.54) is 18.9 Å². The first-order valence-electron chi connectivity index (χ1n) is 14.0. The van der Waals surface area contributed by atoms with Crippen LogP contribution in [0.1, 0.15) is 58.7 Å². The Morgan fingerprint density at radius 3 is 2.43 bits per heavy atom. The number of nitrogens with zero attached hydrogens (tertiary/aromatic N) is 3. The second-order valence-electron chi connectivity index (χ2n) is 11.1. The maximum absolute atomic E-state index is 12.8. The standard InChI is InChI=1S/C33H38N4O6S/c1-33(2,3)28-19-29(37(4)16-15-21-11-13-25(40-5)27(17-21)41-6)36-32(35-28)44-20-24-12-14-26(43-24)30(38)34-23-10-8-9-22(18-23)31(39)42-7/h8-14,17-19H,15-16,20H2,1-7H3,(H,34,38). The molecule has 1 amide bonds. The maximum atomic E-state index is 12.8. The summed E-state index contributed by atoms with van der Waals surface area (Å²) < 4.78 is 21.4. The quantitative estimate of drug-likeness (QED) is 0.109. The molecule has 11 heteroatoms. The van der Waals surface area contributed by atoms with Gasteiger partial charge in [0.2, 0.25) is 0 Å². The van der Waals surface area contributed by atoms with Crippen molar-refractivity contribution in [1.29, 1.82) is 0 Å². The van der Waals surface area contributed by atoms with Crippen molar-refractivity contribution in [3.05, 3.63) is 89.0 Å². The number of methoxy groups -OCH3 is 3. The number of furan rings is 1. The summed E-state index contributed by atoms with van der Waals surface area (Å²) in [5.74, 6) is 2.52. The number of carbonyl (C=O) groups is 2. The molecule has 4 aromatic rings. The summed E-state index contributed by atoms with van der Waals surface area (Å²) in [6, 6.07) is 17.9. The molecule has 4 rings (SSSR count). The van der Waals surface area contributed by atoms with Crippen molar-refractivity contribution in [3.63, 3.8) is 0 Å². The highest BCUT2D eigenvalue weighted by Gasteiger charge is 2.20. The molecule has 2 heterocycles. The zero-order chi connectivity index (χ0) is 31.9. The minimum atomic E-state index is -0.483. The number of benzene rings is 2. The second kappa shape index (κ2) is 14.3. The molecule has 0 aliphatic rings. The first kappa shape index (κ1) is 32.4. The average Bonchev–Trinajstić information content (AvgIpc) is 3.51. The molecule has 0 saturated carbocycles. The molecule has 0 spiro atoms. The molecule has 2 aromatic heterocycles. The first-order valence-corrected chi connectivity index (χ1v) is 15.0. The van der Waals surface area contributed by atoms with E-state index >= 15 is 0 Å². The smallest absolute Gasteiger partial charge is 0.337 e. The summed E-state index contributed by atoms with van der Waals surface area (Å²) in [6.45, 7) is 7.10. The van der Waals surface area contributed by atoms with Crippen LogP contribution in [0, 0.1) is 0 Å². The maximum Gasteiger partial charge on any atom is 0.337 e. The Morgan fingerprint density at radius 1 is 0.955 bits per heavy atom. The van der Waals surface area contributed by atoms with Crippen LogP contribution in [-0.2, 0) is 22.3 Å². The predicted molar refractivity (Wildman–Crippen MR) is 171 cm³/mol. The zero-order valence-corrected chi connectivity index (χ0v) is 26.9. The van der Waals surface area contributed by atoms with Gasteiger partial charge in [0.25, 0.3) is 5.91 Å². The lowest BCUT2D eigenvalue weighted by Gasteiger charge is -2.23. The Morgan fingerprint density at radius 2 is 1.73 bits per heavy atom. The van der Waals surface area contributed by atoms with E-state index in [0.29, 0.717) is 39.4 Å². The van der Waals surface area contributed by atoms with Crippen molar-refractivity contribution < 1.29 is 28.2 Å². The highest BCUT2D eigenvalue weighted by atomic mass is 32.2. The van der Waals surface area contributed by atoms with E-state index in [1.807, 2.05) is 31.3 Å². The number of carbonyl (C=O) groups excluding carboxylic acids is 2. The molecule has 10 nitrogen and oxygen atoms in total. The van der Waals surface area contributed by atoms with Gasteiger partial charge in [-0.1, -0.05) is 44.7 Å². The molecule has 2 aromatic carbocycles. The second-order valence-corrected chi connectivity index (χ2v) is 12.0. The van der Waals surface area contributed by atoms with Gasteiger partial charge in [-0.05, 0) is 54.4 Å². The number of likely N-dealkylation sites (N-methyl/N-ethyl adjacent to an activating group) is 1. The van der Waals surface area contributed by atoms with Crippen molar-refractivity contribution in [2.24, 2.45) is 0 Å². The molecule has 0 saturated heterocycles. The number of rotatable bonds is 12. The summed E-state index contributed by atoms with van der Waals surface area (Å²) >= 11 is 1.44. The summed E-state index contributed by atoms with van der Waals surface area (Å²) in [5, 5.41) is 3.37. The third kappa shape index (κ3) is 8.31. The largest absolute Gasteiger partial charge is 0.493 e. The number of hydrogen-bond donors (Lipinski definition) is 1. The number of nitrogens with one attached hydrogen (secondary N) is 1. The molecule has 0 radical (unpaired) electrons. The van der Waals surface area contributed by atoms with Gasteiger partial charge in [-0.2, -0.15) is 0 Å². The van der Waals surface area contributed by atoms with Gasteiger partial charge in [-0.25, -0.2) is 14.8 Å². The summed E-state index contributed by atoms with van der Waals surface area (Å²) in [5.41, 5.74) is 2.67. The fourth-order valence-corrected chi connectivity index (χ4v) is 5.00. The van der Waals surface area contributed by atoms with Crippen molar-refractivity contribution >= 4 is 35.1 Å². The van der Waals surface area contributed by atoms with Crippen LogP contribution >= 0.6 is 11.8 Å². The van der Waals surface area contributed by atoms with Gasteiger partial charge in [-0.3, -0.25) is 4.79 Å². The van der Waals surface area contributed by atoms with Gasteiger partial charge >= 0.3 is 5.97 Å². The van der Waals surface area contributed by atoms with E-state index in [1.54, 1.807) is 50.6 Å². The van der Waals surface area contributed by atoms with E-state index in [9.17, 15) is 9.59 Å². The van der Waals surface area contributed by atoms with Gasteiger partial charge in [0.15, 0.2) is 22.4 Å². The Kier molecular flexibility index (Phi) is 10.5. The highest BCUT2D eigenvalue weighted by Crippen LogP contribution is 2.30. The van der Waals surface area contributed by atoms with Crippen LogP contribution in [0.5, 0.6) is 11.5 Å². The molecular weight excluding hydrogens is 580 g/mol. The third-order valence-electron chi connectivity index (χ3n) is 6.81. The monoisotopic (exact) mass is 618 g/mol. The van der Waals surface area contributed by atoms with Crippen LogP contribution in [0.2, 0.25) is 0 Å². The van der Waals surface area contributed by atoms with E-state index in [0.717, 1.165) is 30.0 Å². The van der Waals surface area contributed by atoms with Crippen LogP contribution in [-0.4, -0.2) is 56.8 Å². The number of esters is 1. The fourth-order valence-electron chi connectivity index (χ4n) is 4.25. The van der Waals surface area contributed by atoms with Gasteiger partial charge < -0.3 is 28.8 Å². The molecule has 0 aliphatic heterocycles. The van der Waals surface area contributed by atoms with Gasteiger partial charge in [0.1, 0.15) is 11.6 Å². The third-order valence-corrected chi connectivity index (χ3v) is 7.68. The van der Waals surface area contributed by atoms with E-state index in [2.05, 4.69) is 31.0 Å². The normalized spacial score (nSPS) is 11.2. The average molecular weight is 619 g/mol. The Hall–Kier alpha value is -4.51. The van der Waals surface area contributed by atoms with E-state index < -0.39 is 11.9 Å². The van der Waals surface area contributed by atoms with Crippen LogP contribution < -0.4 is 19.7 Å². The lowest BCUT2D eigenvalue weighted by molar-refractivity contribution is 0.0600. The zero-order valence-electron chi connectivity index (χ0n) is 26.1. The molecule has 0 bridgehead atoms. The Labute approximate surface area is 262 Å². The molecule has 0 unspecified atom stereocenters. The fraction of sp³-hybridized carbons (Fsp3) is 0.333. The SMILES string of the molecule is COC(=O)c1cccc(NC(=O)c2ccc(CSc3nc(N(C)CCc4ccc(OC)c(OC)c4)cc(C(C)(C)C)n3)o2)c1. The molecule has 232 valence electrons. The van der Waals surface area contributed by atoms with Crippen molar-refractivity contribution in [3.8, 4) is 11.5 Å². The Balaban J connectivity index is 1.43. The van der Waals surface area contributed by atoms with Crippen molar-refractivity contribution in [2.75, 3.05) is 45.1 Å². The lowest BCUT2D eigenvalue weighted by atomic mass is 9.92. The highest BCUT2D eigenvalue weighted by molar-refractivity contribution is 7.98. The number of ether oxygens (including phenoxy) is 3. The minimum Gasteiger partial charge on any atom is -0.493 e. The first-order chi connectivity index (χ1) is 21.0. The summed E-state index contributed by atoms with van der Waals surface area (Å²) in [6.07, 6.45) is 0.790. The van der Waals surface area contributed by atoms with Crippen molar-refractivity contribution in [2.45, 2.75) is 43.5 Å². The van der Waals surface area contributed by atoms with Gasteiger partial charge in [-0.15, -0.1) is 0 Å². The number of amides is 1. The van der Waals surface area contributed by atoms with Crippen LogP contribution in [0.15, 0.2) is 70.2 Å². The summed E-state index contributed by atoms with van der Waals surface area (Å²) in [4.78, 5) is 36.4. The van der Waals surface area contributed by atoms with Gasteiger partial charge in [0, 0.05) is 30.8 Å². The predicted octanol–water partition coefficient (Wildman–Crippen LogP) is 6.39.